The molecule has 0 unspecified atom stereocenters. The number of amides is 2. The van der Waals surface area contributed by atoms with E-state index < -0.39 is 23.9 Å². The smallest absolute Gasteiger partial charge is 0.270 e. The number of thiocarbonyl (C=S) groups is 1. The molecule has 1 fully saturated rings. The highest BCUT2D eigenvalue weighted by molar-refractivity contribution is 7.80. The number of benzene rings is 2. The molecule has 154 valence electrons. The zero-order valence-corrected chi connectivity index (χ0v) is 16.9. The van der Waals surface area contributed by atoms with E-state index in [1.807, 2.05) is 0 Å². The van der Waals surface area contributed by atoms with Crippen LogP contribution in [0.15, 0.2) is 54.1 Å². The van der Waals surface area contributed by atoms with Crippen molar-refractivity contribution in [3.8, 4) is 11.5 Å². The molecular weight excluding hydrogens is 408 g/mol. The van der Waals surface area contributed by atoms with E-state index >= 15 is 0 Å². The van der Waals surface area contributed by atoms with Crippen LogP contribution in [-0.2, 0) is 14.4 Å². The highest BCUT2D eigenvalue weighted by Crippen LogP contribution is 2.25. The van der Waals surface area contributed by atoms with Crippen LogP contribution in [0.3, 0.4) is 0 Å². The van der Waals surface area contributed by atoms with Gasteiger partial charge in [0.15, 0.2) is 5.11 Å². The van der Waals surface area contributed by atoms with Gasteiger partial charge < -0.3 is 19.4 Å². The topological polar surface area (TPSA) is 108 Å². The predicted molar refractivity (Wildman–Crippen MR) is 111 cm³/mol. The molecule has 2 aromatic carbocycles. The molecule has 2 aromatic rings. The molecule has 0 bridgehead atoms. The van der Waals surface area contributed by atoms with Crippen LogP contribution in [0.2, 0.25) is 0 Å². The summed E-state index contributed by atoms with van der Waals surface area (Å²) in [6.45, 7) is 1.35. The van der Waals surface area contributed by atoms with Crippen LogP contribution in [0.25, 0.3) is 6.08 Å². The fraction of sp³-hybridized carbons (Fsp3) is 0.143. The molecule has 0 aliphatic carbocycles. The Morgan fingerprint density at radius 1 is 1.10 bits per heavy atom. The lowest BCUT2D eigenvalue weighted by Crippen LogP contribution is -2.54. The number of ether oxygens (including phenoxy) is 2. The summed E-state index contributed by atoms with van der Waals surface area (Å²) >= 11 is 5.17. The molecule has 1 heterocycles. The molecule has 1 saturated heterocycles. The second-order valence-corrected chi connectivity index (χ2v) is 6.69. The maximum Gasteiger partial charge on any atom is 0.270 e. The highest BCUT2D eigenvalue weighted by Gasteiger charge is 2.34. The van der Waals surface area contributed by atoms with Crippen molar-refractivity contribution in [1.82, 2.24) is 5.32 Å². The molecule has 1 N–H and O–H groups in total. The third-order valence-corrected chi connectivity index (χ3v) is 4.55. The van der Waals surface area contributed by atoms with E-state index in [1.54, 1.807) is 36.4 Å². The molecular formula is C21H17N2O6S-. The standard InChI is InChI=1S/C21H18N2O6S/c1-12(20(26)27)29-16-7-3-13(4-8-16)11-17-18(24)22-21(30)23(19(17)25)14-5-9-15(28-2)10-6-14/h3-12H,1-2H3,(H,26,27)(H,22,24,30)/p-1/b17-11-/t12-/m0/s1. The van der Waals surface area contributed by atoms with Gasteiger partial charge in [-0.25, -0.2) is 0 Å². The number of hydrogen-bond acceptors (Lipinski definition) is 7. The van der Waals surface area contributed by atoms with Crippen molar-refractivity contribution in [1.29, 1.82) is 0 Å². The highest BCUT2D eigenvalue weighted by atomic mass is 32.1. The van der Waals surface area contributed by atoms with Crippen LogP contribution in [0.1, 0.15) is 12.5 Å². The van der Waals surface area contributed by atoms with Gasteiger partial charge in [-0.05, 0) is 67.2 Å². The SMILES string of the molecule is COc1ccc(N2C(=O)/C(=C\c3ccc(O[C@@H](C)C(=O)[O-])cc3)C(=O)NC2=S)cc1. The maximum absolute atomic E-state index is 13.0. The van der Waals surface area contributed by atoms with Crippen LogP contribution in [-0.4, -0.2) is 36.1 Å². The first-order valence-corrected chi connectivity index (χ1v) is 9.24. The molecule has 2 amide bonds. The first-order chi connectivity index (χ1) is 14.3. The summed E-state index contributed by atoms with van der Waals surface area (Å²) in [5.41, 5.74) is 0.928. The van der Waals surface area contributed by atoms with Crippen molar-refractivity contribution in [2.24, 2.45) is 0 Å². The van der Waals surface area contributed by atoms with Crippen molar-refractivity contribution in [3.05, 3.63) is 59.7 Å². The molecule has 1 aliphatic rings. The summed E-state index contributed by atoms with van der Waals surface area (Å²) in [6, 6.07) is 12.9. The Hall–Kier alpha value is -3.72. The van der Waals surface area contributed by atoms with Gasteiger partial charge in [0.2, 0.25) is 0 Å². The molecule has 1 atom stereocenters. The second kappa shape index (κ2) is 8.75. The zero-order valence-electron chi connectivity index (χ0n) is 16.1. The molecule has 30 heavy (non-hydrogen) atoms. The molecule has 0 aromatic heterocycles. The van der Waals surface area contributed by atoms with Gasteiger partial charge in [0, 0.05) is 0 Å². The number of nitrogens with one attached hydrogen (secondary N) is 1. The Labute approximate surface area is 177 Å². The van der Waals surface area contributed by atoms with Gasteiger partial charge in [-0.2, -0.15) is 0 Å². The number of carboxylic acid groups (broad SMARTS) is 1. The molecule has 0 radical (unpaired) electrons. The fourth-order valence-electron chi connectivity index (χ4n) is 2.68. The van der Waals surface area contributed by atoms with E-state index in [1.165, 1.54) is 37.1 Å². The van der Waals surface area contributed by atoms with E-state index in [2.05, 4.69) is 5.32 Å². The van der Waals surface area contributed by atoms with E-state index in [-0.39, 0.29) is 10.7 Å². The summed E-state index contributed by atoms with van der Waals surface area (Å²) in [4.78, 5) is 37.3. The van der Waals surface area contributed by atoms with Gasteiger partial charge in [0.05, 0.1) is 18.8 Å². The van der Waals surface area contributed by atoms with Gasteiger partial charge in [0.25, 0.3) is 11.8 Å². The average Bonchev–Trinajstić information content (AvgIpc) is 2.72. The van der Waals surface area contributed by atoms with E-state index in [0.717, 1.165) is 0 Å². The molecule has 3 rings (SSSR count). The number of aliphatic carboxylic acids is 1. The number of anilines is 1. The number of carbonyl (C=O) groups excluding carboxylic acids is 3. The Morgan fingerprint density at radius 3 is 2.27 bits per heavy atom. The van der Waals surface area contributed by atoms with E-state index in [4.69, 9.17) is 21.7 Å². The lowest BCUT2D eigenvalue weighted by Gasteiger charge is -2.29. The third kappa shape index (κ3) is 4.47. The molecule has 0 saturated carbocycles. The van der Waals surface area contributed by atoms with Crippen molar-refractivity contribution < 1.29 is 29.0 Å². The first-order valence-electron chi connectivity index (χ1n) is 8.83. The van der Waals surface area contributed by atoms with Crippen LogP contribution in [0.5, 0.6) is 11.5 Å². The molecule has 0 spiro atoms. The fourth-order valence-corrected chi connectivity index (χ4v) is 2.97. The van der Waals surface area contributed by atoms with E-state index in [9.17, 15) is 19.5 Å². The maximum atomic E-state index is 13.0. The van der Waals surface area contributed by atoms with Crippen molar-refractivity contribution in [3.63, 3.8) is 0 Å². The normalized spacial score (nSPS) is 16.3. The van der Waals surface area contributed by atoms with Crippen LogP contribution in [0, 0.1) is 0 Å². The third-order valence-electron chi connectivity index (χ3n) is 4.27. The van der Waals surface area contributed by atoms with Crippen molar-refractivity contribution in [2.45, 2.75) is 13.0 Å². The van der Waals surface area contributed by atoms with Crippen molar-refractivity contribution in [2.75, 3.05) is 12.0 Å². The lowest BCUT2D eigenvalue weighted by atomic mass is 10.1. The summed E-state index contributed by atoms with van der Waals surface area (Å²) in [5.74, 6) is -1.58. The van der Waals surface area contributed by atoms with Gasteiger partial charge in [0.1, 0.15) is 23.2 Å². The lowest BCUT2D eigenvalue weighted by molar-refractivity contribution is -0.312. The monoisotopic (exact) mass is 425 g/mol. The zero-order chi connectivity index (χ0) is 21.8. The van der Waals surface area contributed by atoms with Crippen LogP contribution < -0.4 is 24.8 Å². The minimum atomic E-state index is -1.33. The Bertz CT molecular complexity index is 1030. The summed E-state index contributed by atoms with van der Waals surface area (Å²) in [7, 11) is 1.53. The predicted octanol–water partition coefficient (Wildman–Crippen LogP) is 1.04. The minimum Gasteiger partial charge on any atom is -0.546 e. The Kier molecular flexibility index (Phi) is 6.12. The first kappa shape index (κ1) is 21.0. The Morgan fingerprint density at radius 2 is 1.70 bits per heavy atom. The van der Waals surface area contributed by atoms with Gasteiger partial charge in [-0.3, -0.25) is 19.8 Å². The van der Waals surface area contributed by atoms with Gasteiger partial charge in [-0.15, -0.1) is 0 Å². The quantitative estimate of drug-likeness (QED) is 0.419. The average molecular weight is 425 g/mol. The molecule has 8 nitrogen and oxygen atoms in total. The minimum absolute atomic E-state index is 0.0210. The number of rotatable bonds is 6. The van der Waals surface area contributed by atoms with Gasteiger partial charge in [-0.1, -0.05) is 12.1 Å². The van der Waals surface area contributed by atoms with Crippen LogP contribution >= 0.6 is 12.2 Å². The number of nitrogens with zero attached hydrogens (tertiary/aromatic N) is 1. The number of carbonyl (C=O) groups is 3. The Balaban J connectivity index is 1.85. The summed E-state index contributed by atoms with van der Waals surface area (Å²) in [5, 5.41) is 13.3. The number of carboxylic acids is 1. The summed E-state index contributed by atoms with van der Waals surface area (Å²) in [6.07, 6.45) is 0.307. The van der Waals surface area contributed by atoms with E-state index in [0.29, 0.717) is 22.7 Å². The number of hydrogen-bond donors (Lipinski definition) is 1. The van der Waals surface area contributed by atoms with Crippen molar-refractivity contribution >= 4 is 46.9 Å². The molecule has 1 aliphatic heterocycles. The largest absolute Gasteiger partial charge is 0.546 e. The number of methoxy groups -OCH3 is 1. The van der Waals surface area contributed by atoms with Gasteiger partial charge >= 0.3 is 0 Å². The molecule has 9 heteroatoms. The van der Waals surface area contributed by atoms with Crippen LogP contribution in [0.4, 0.5) is 5.69 Å². The summed E-state index contributed by atoms with van der Waals surface area (Å²) < 4.78 is 10.3. The second-order valence-electron chi connectivity index (χ2n) is 6.30.